The Balaban J connectivity index is -0.000000169. The van der Waals surface area contributed by atoms with Crippen LogP contribution in [0.2, 0.25) is 0 Å². The van der Waals surface area contributed by atoms with Gasteiger partial charge in [-0.25, -0.2) is 0 Å². The minimum Gasteiger partial charge on any atom is -0.386 e. The van der Waals surface area contributed by atoms with E-state index in [9.17, 15) is 0 Å². The van der Waals surface area contributed by atoms with Crippen LogP contribution in [-0.2, 0) is 0 Å². The second-order valence-electron chi connectivity index (χ2n) is 19.1. The average Bonchev–Trinajstić information content (AvgIpc) is 1.38. The number of amidine groups is 4. The van der Waals surface area contributed by atoms with Crippen LogP contribution < -0.4 is 115 Å². The van der Waals surface area contributed by atoms with Gasteiger partial charge in [0.05, 0.1) is 96.7 Å². The molecule has 576 valence electrons. The highest BCUT2D eigenvalue weighted by molar-refractivity contribution is 6.32. The summed E-state index contributed by atoms with van der Waals surface area (Å²) in [5.74, 6) is 0.697. The fourth-order valence-electron chi connectivity index (χ4n) is 3.37. The number of guanidine groups is 8. The van der Waals surface area contributed by atoms with Crippen molar-refractivity contribution in [3.8, 4) is 0 Å². The summed E-state index contributed by atoms with van der Waals surface area (Å²) in [6, 6.07) is 0. The van der Waals surface area contributed by atoms with Crippen LogP contribution in [0.15, 0.2) is 142 Å². The van der Waals surface area contributed by atoms with E-state index in [1.165, 1.54) is 49.7 Å². The summed E-state index contributed by atoms with van der Waals surface area (Å²) in [6.07, 6.45) is 11.6. The lowest BCUT2D eigenvalue weighted by molar-refractivity contribution is 1.20. The maximum absolute atomic E-state index is 7.09. The minimum absolute atomic E-state index is 0.0871. The summed E-state index contributed by atoms with van der Waals surface area (Å²) in [4.78, 5) is 15.7. The smallest absolute Gasteiger partial charge is 0.211 e. The summed E-state index contributed by atoms with van der Waals surface area (Å²) in [5.41, 5.74) is 108. The zero-order valence-electron chi connectivity index (χ0n) is 61.5. The van der Waals surface area contributed by atoms with Crippen molar-refractivity contribution in [1.82, 2.24) is 0 Å². The average molecular weight is 1460 g/mol. The van der Waals surface area contributed by atoms with Crippen LogP contribution >= 0.6 is 0 Å². The Morgan fingerprint density at radius 1 is 0.183 bits per heavy atom. The van der Waals surface area contributed by atoms with Gasteiger partial charge in [0, 0.05) is 47.7 Å². The molecule has 0 aliphatic rings. The molecule has 0 saturated carbocycles. The normalized spacial score (nSPS) is 12.5. The second-order valence-corrected chi connectivity index (χ2v) is 19.1. The molecule has 0 aliphatic heterocycles. The number of rotatable bonds is 28. The molecule has 0 fully saturated rings. The van der Waals surface area contributed by atoms with Crippen LogP contribution in [0.1, 0.15) is 111 Å². The molecule has 52 nitrogen and oxygen atoms in total. The predicted octanol–water partition coefficient (Wildman–Crippen LogP) is -5.02. The molecule has 0 aromatic heterocycles. The van der Waals surface area contributed by atoms with Crippen molar-refractivity contribution in [2.45, 2.75) is 111 Å². The first-order valence-corrected chi connectivity index (χ1v) is 28.7. The summed E-state index contributed by atoms with van der Waals surface area (Å²) in [6.45, 7) is 28.3. The lowest BCUT2D eigenvalue weighted by atomic mass is 10.4. The van der Waals surface area contributed by atoms with E-state index in [0.29, 0.717) is 118 Å². The molecule has 0 aromatic rings. The number of nitrogens with two attached hydrogens (primary N) is 20. The highest BCUT2D eigenvalue weighted by Crippen LogP contribution is 1.85. The first-order chi connectivity index (χ1) is 48.2. The van der Waals surface area contributed by atoms with Crippen molar-refractivity contribution < 1.29 is 0 Å². The molecule has 0 spiro atoms. The van der Waals surface area contributed by atoms with E-state index in [4.69, 9.17) is 136 Å². The van der Waals surface area contributed by atoms with E-state index in [1.807, 2.05) is 0 Å². The third-order valence-corrected chi connectivity index (χ3v) is 6.85. The van der Waals surface area contributed by atoms with E-state index in [-0.39, 0.29) is 47.7 Å². The van der Waals surface area contributed by atoms with Gasteiger partial charge < -0.3 is 136 Å². The molecular weight excluding hydrogens is 1350 g/mol. The molecule has 0 unspecified atom stereocenters. The third-order valence-electron chi connectivity index (χ3n) is 6.85. The van der Waals surface area contributed by atoms with Gasteiger partial charge in [0.25, 0.3) is 0 Å². The van der Waals surface area contributed by atoms with Crippen molar-refractivity contribution in [2.75, 3.05) is 26.2 Å². The summed E-state index contributed by atoms with van der Waals surface area (Å²) >= 11 is 0. The standard InChI is InChI=1S/4C7H14N6.4C6H13N7/c4*1-5(8)3-11-4-6(2)12-13-7(9)10;4*1-4(11-13-6(8)9)3-10-12-5(2)7/h4*4,8H,3H2,1-2H3,(H4,9,10,13);4*3H,1-2H3,(H2,7,12)(H4,8,9,13)/b2*8-5?,11-4?,12-6+;2*8-5?,11-4?,12-6-;10-3+,11-4+;10-3+,11-4-;2*10-3-,11-4+. The quantitative estimate of drug-likeness (QED) is 0.0198. The van der Waals surface area contributed by atoms with Gasteiger partial charge in [0.2, 0.25) is 47.7 Å². The molecule has 0 radical (unpaired) electrons. The second kappa shape index (κ2) is 71.2. The predicted molar refractivity (Wildman–Crippen MR) is 442 cm³/mol. The lowest BCUT2D eigenvalue weighted by Gasteiger charge is -1.89. The number of hydrogen-bond acceptors (Lipinski definition) is 32. The molecule has 44 N–H and O–H groups in total. The van der Waals surface area contributed by atoms with Gasteiger partial charge in [0.15, 0.2) is 0 Å². The maximum atomic E-state index is 7.09. The molecule has 52 heteroatoms. The zero-order valence-corrected chi connectivity index (χ0v) is 61.5. The minimum atomic E-state index is -0.105. The Morgan fingerprint density at radius 3 is 0.394 bits per heavy atom. The molecular formula is C52H108N52. The van der Waals surface area contributed by atoms with E-state index in [0.717, 1.165) is 0 Å². The topological polar surface area (TPSA) is 962 Å². The highest BCUT2D eigenvalue weighted by atomic mass is 15.3. The molecule has 0 rings (SSSR count). The number of nitrogens with one attached hydrogen (secondary N) is 4. The van der Waals surface area contributed by atoms with Crippen molar-refractivity contribution in [1.29, 1.82) is 21.6 Å². The lowest BCUT2D eigenvalue weighted by Crippen LogP contribution is -2.22. The largest absolute Gasteiger partial charge is 0.386 e. The van der Waals surface area contributed by atoms with Crippen LogP contribution in [-0.4, -0.2) is 215 Å². The van der Waals surface area contributed by atoms with Crippen LogP contribution in [0.25, 0.3) is 0 Å². The fourth-order valence-corrected chi connectivity index (χ4v) is 3.37. The summed E-state index contributed by atoms with van der Waals surface area (Å²) in [7, 11) is 0. The van der Waals surface area contributed by atoms with E-state index in [1.54, 1.807) is 111 Å². The maximum Gasteiger partial charge on any atom is 0.211 e. The van der Waals surface area contributed by atoms with Gasteiger partial charge in [-0.05, 0) is 111 Å². The molecule has 104 heavy (non-hydrogen) atoms. The first kappa shape index (κ1) is 105. The number of hydrogen-bond donors (Lipinski definition) is 24. The number of aliphatic imine (C=N–C) groups is 4. The van der Waals surface area contributed by atoms with Crippen molar-refractivity contribution in [3.05, 3.63) is 0 Å². The van der Waals surface area contributed by atoms with Gasteiger partial charge in [0.1, 0.15) is 23.3 Å². The molecule has 0 amide bonds. The number of nitrogens with zero attached hydrogens (tertiary/aromatic N) is 28. The molecule has 0 atom stereocenters. The molecule has 0 heterocycles. The Hall–Kier alpha value is -14.6. The Labute approximate surface area is 603 Å². The molecule has 0 aromatic carbocycles. The monoisotopic (exact) mass is 1460 g/mol. The fraction of sp³-hybridized carbons (Fsp3) is 0.385. The summed E-state index contributed by atoms with van der Waals surface area (Å²) < 4.78 is 0. The SMILES string of the molecule is C/C(N)=N/N=C/C(C)=N/N=C(N)N.C/C(N)=N/N=C/C(C)=N\N=C(N)N.CC(=N)CN=C/C(C)=N/N=C(N)N.CC(=N)CN=C/C(C)=N/N=C(N)N.CC(=N)CN=C/C(C)=N\N=C(N)N.CC(=N)CN=C/C(C)=N\N=C(N)N.CC(N)=N/N=C\C(C)=N\N=C(N)N.C\C(N)=N/N=C\C(C)=N\N=C(N)N. The van der Waals surface area contributed by atoms with Gasteiger partial charge in [-0.1, -0.05) is 0 Å². The van der Waals surface area contributed by atoms with E-state index < -0.39 is 0 Å². The van der Waals surface area contributed by atoms with Crippen molar-refractivity contribution in [2.24, 2.45) is 257 Å². The van der Waals surface area contributed by atoms with Crippen LogP contribution in [0.5, 0.6) is 0 Å². The Morgan fingerprint density at radius 2 is 0.298 bits per heavy atom. The van der Waals surface area contributed by atoms with Gasteiger partial charge in [-0.2, -0.15) is 61.2 Å². The van der Waals surface area contributed by atoms with Crippen molar-refractivity contribution >= 4 is 189 Å². The molecule has 0 aliphatic carbocycles. The van der Waals surface area contributed by atoms with Crippen LogP contribution in [0, 0.1) is 21.6 Å². The Bertz CT molecular complexity index is 3000. The van der Waals surface area contributed by atoms with Crippen LogP contribution in [0.3, 0.4) is 0 Å². The first-order valence-electron chi connectivity index (χ1n) is 28.7. The zero-order chi connectivity index (χ0) is 82.1. The van der Waals surface area contributed by atoms with E-state index >= 15 is 0 Å². The van der Waals surface area contributed by atoms with Gasteiger partial charge in [-0.3, -0.25) is 20.0 Å². The van der Waals surface area contributed by atoms with Crippen LogP contribution in [0.4, 0.5) is 0 Å². The third kappa shape index (κ3) is 121. The Kier molecular flexibility index (Phi) is 72.2. The van der Waals surface area contributed by atoms with E-state index in [2.05, 4.69) is 142 Å². The van der Waals surface area contributed by atoms with Gasteiger partial charge in [-0.15, -0.1) is 61.2 Å². The van der Waals surface area contributed by atoms with Crippen molar-refractivity contribution in [3.63, 3.8) is 0 Å². The molecule has 0 bridgehead atoms. The van der Waals surface area contributed by atoms with Gasteiger partial charge >= 0.3 is 0 Å². The summed E-state index contributed by atoms with van der Waals surface area (Å²) in [5, 5.41) is 114. The highest BCUT2D eigenvalue weighted by Gasteiger charge is 1.92. The molecule has 0 saturated heterocycles.